The van der Waals surface area contributed by atoms with Crippen LogP contribution in [0.15, 0.2) is 21.3 Å². The Bertz CT molecular complexity index is 991. The van der Waals surface area contributed by atoms with Crippen LogP contribution in [-0.2, 0) is 22.4 Å². The Kier molecular flexibility index (Phi) is 5.45. The van der Waals surface area contributed by atoms with Crippen molar-refractivity contribution in [2.24, 2.45) is 5.92 Å². The summed E-state index contributed by atoms with van der Waals surface area (Å²) in [6.07, 6.45) is 1.62. The van der Waals surface area contributed by atoms with Gasteiger partial charge in [0.2, 0.25) is 0 Å². The summed E-state index contributed by atoms with van der Waals surface area (Å²) in [5.74, 6) is -1.44. The number of carbonyl (C=O) groups is 2. The van der Waals surface area contributed by atoms with Gasteiger partial charge in [-0.1, -0.05) is 13.8 Å². The van der Waals surface area contributed by atoms with Crippen LogP contribution in [0.4, 0.5) is 0 Å². The van der Waals surface area contributed by atoms with Crippen LogP contribution in [0, 0.1) is 12.8 Å². The number of amides is 1. The third-order valence-electron chi connectivity index (χ3n) is 5.24. The molecule has 2 N–H and O–H groups in total. The average Bonchev–Trinajstić information content (AvgIpc) is 3.12. The summed E-state index contributed by atoms with van der Waals surface area (Å²) in [6.45, 7) is 6.77. The quantitative estimate of drug-likeness (QED) is 0.738. The first-order chi connectivity index (χ1) is 13.2. The molecule has 0 saturated carbocycles. The number of hydrogen-bond acceptors (Lipinski definition) is 5. The fourth-order valence-electron chi connectivity index (χ4n) is 3.62. The van der Waals surface area contributed by atoms with Crippen LogP contribution in [0.3, 0.4) is 0 Å². The molecule has 0 unspecified atom stereocenters. The minimum atomic E-state index is -1.09. The van der Waals surface area contributed by atoms with E-state index in [-0.39, 0.29) is 11.5 Å². The number of fused-ring (bicyclic) bond motifs is 3. The Balaban J connectivity index is 1.85. The normalized spacial score (nSPS) is 15.3. The van der Waals surface area contributed by atoms with Gasteiger partial charge < -0.3 is 19.6 Å². The van der Waals surface area contributed by atoms with Crippen LogP contribution >= 0.6 is 0 Å². The molecule has 2 aromatic rings. The van der Waals surface area contributed by atoms with Gasteiger partial charge in [0.05, 0.1) is 0 Å². The Labute approximate surface area is 162 Å². The van der Waals surface area contributed by atoms with Crippen LogP contribution in [0.5, 0.6) is 5.75 Å². The van der Waals surface area contributed by atoms with Crippen molar-refractivity contribution in [1.82, 2.24) is 5.32 Å². The first-order valence-corrected chi connectivity index (χ1v) is 9.48. The molecule has 0 radical (unpaired) electrons. The van der Waals surface area contributed by atoms with Crippen LogP contribution in [-0.4, -0.2) is 29.1 Å². The summed E-state index contributed by atoms with van der Waals surface area (Å²) in [6, 6.07) is 2.62. The molecule has 0 spiro atoms. The van der Waals surface area contributed by atoms with Crippen molar-refractivity contribution in [1.29, 1.82) is 0 Å². The van der Waals surface area contributed by atoms with Crippen molar-refractivity contribution in [2.75, 3.05) is 0 Å². The molecule has 1 heterocycles. The lowest BCUT2D eigenvalue weighted by atomic mass is 10.0. The molecule has 0 fully saturated rings. The summed E-state index contributed by atoms with van der Waals surface area (Å²) in [4.78, 5) is 35.9. The fraction of sp³-hybridized carbons (Fsp3) is 0.476. The van der Waals surface area contributed by atoms with Crippen molar-refractivity contribution in [3.8, 4) is 5.75 Å². The number of aliphatic carboxylic acids is 1. The zero-order valence-corrected chi connectivity index (χ0v) is 16.5. The third kappa shape index (κ3) is 3.61. The van der Waals surface area contributed by atoms with Gasteiger partial charge in [-0.3, -0.25) is 4.79 Å². The Morgan fingerprint density at radius 3 is 2.50 bits per heavy atom. The second kappa shape index (κ2) is 7.66. The number of nitrogens with one attached hydrogen (secondary N) is 1. The van der Waals surface area contributed by atoms with Crippen molar-refractivity contribution in [2.45, 2.75) is 59.1 Å². The maximum absolute atomic E-state index is 12.4. The standard InChI is InChI=1S/C21H25NO6/c1-10(2)17(20(24)25)22-19(23)12(4)27-16-9-8-14-13-6-5-7-15(13)21(26)28-18(14)11(16)3/h8-10,12,17H,5-7H2,1-4H3,(H,22,23)(H,24,25)/t12-,17-/m0/s1. The van der Waals surface area contributed by atoms with E-state index in [4.69, 9.17) is 9.15 Å². The lowest BCUT2D eigenvalue weighted by Crippen LogP contribution is -2.48. The van der Waals surface area contributed by atoms with Gasteiger partial charge in [0.15, 0.2) is 6.10 Å². The van der Waals surface area contributed by atoms with Crippen molar-refractivity contribution >= 4 is 22.8 Å². The van der Waals surface area contributed by atoms with Crippen molar-refractivity contribution < 1.29 is 23.8 Å². The van der Waals surface area contributed by atoms with Crippen LogP contribution in [0.1, 0.15) is 43.9 Å². The maximum atomic E-state index is 12.4. The average molecular weight is 387 g/mol. The van der Waals surface area contributed by atoms with E-state index in [1.807, 2.05) is 6.07 Å². The van der Waals surface area contributed by atoms with E-state index < -0.39 is 24.0 Å². The van der Waals surface area contributed by atoms with E-state index in [2.05, 4.69) is 5.32 Å². The molecule has 150 valence electrons. The number of carboxylic acids is 1. The fourth-order valence-corrected chi connectivity index (χ4v) is 3.62. The SMILES string of the molecule is Cc1c(O[C@@H](C)C(=O)N[C@H](C(=O)O)C(C)C)ccc2c3c(c(=O)oc12)CCC3. The van der Waals surface area contributed by atoms with E-state index in [1.165, 1.54) is 0 Å². The summed E-state index contributed by atoms with van der Waals surface area (Å²) < 4.78 is 11.3. The number of carboxylic acid groups (broad SMARTS) is 1. The monoisotopic (exact) mass is 387 g/mol. The van der Waals surface area contributed by atoms with Gasteiger partial charge in [-0.2, -0.15) is 0 Å². The Hall–Kier alpha value is -2.83. The highest BCUT2D eigenvalue weighted by atomic mass is 16.5. The molecule has 1 aromatic heterocycles. The molecule has 1 aromatic carbocycles. The molecule has 7 nitrogen and oxygen atoms in total. The minimum Gasteiger partial charge on any atom is -0.480 e. The zero-order chi connectivity index (χ0) is 20.6. The van der Waals surface area contributed by atoms with E-state index in [0.29, 0.717) is 16.9 Å². The second-order valence-corrected chi connectivity index (χ2v) is 7.59. The van der Waals surface area contributed by atoms with Crippen LogP contribution < -0.4 is 15.7 Å². The first-order valence-electron chi connectivity index (χ1n) is 9.48. The lowest BCUT2D eigenvalue weighted by molar-refractivity contribution is -0.144. The summed E-state index contributed by atoms with van der Waals surface area (Å²) in [5.41, 5.74) is 2.59. The molecule has 1 aliphatic rings. The van der Waals surface area contributed by atoms with Gasteiger partial charge in [0.25, 0.3) is 5.91 Å². The van der Waals surface area contributed by atoms with Crippen LogP contribution in [0.2, 0.25) is 0 Å². The summed E-state index contributed by atoms with van der Waals surface area (Å²) >= 11 is 0. The Morgan fingerprint density at radius 1 is 1.18 bits per heavy atom. The van der Waals surface area contributed by atoms with Gasteiger partial charge in [0.1, 0.15) is 17.4 Å². The first kappa shape index (κ1) is 19.9. The Morgan fingerprint density at radius 2 is 1.86 bits per heavy atom. The topological polar surface area (TPSA) is 106 Å². The second-order valence-electron chi connectivity index (χ2n) is 7.59. The van der Waals surface area contributed by atoms with E-state index in [0.717, 1.165) is 35.8 Å². The van der Waals surface area contributed by atoms with Crippen molar-refractivity contribution in [3.05, 3.63) is 39.2 Å². The number of carbonyl (C=O) groups excluding carboxylic acids is 1. The predicted molar refractivity (Wildman–Crippen MR) is 104 cm³/mol. The summed E-state index contributed by atoms with van der Waals surface area (Å²) in [7, 11) is 0. The third-order valence-corrected chi connectivity index (χ3v) is 5.24. The minimum absolute atomic E-state index is 0.257. The lowest BCUT2D eigenvalue weighted by Gasteiger charge is -2.22. The summed E-state index contributed by atoms with van der Waals surface area (Å²) in [5, 5.41) is 12.6. The number of hydrogen-bond donors (Lipinski definition) is 2. The smallest absolute Gasteiger partial charge is 0.339 e. The van der Waals surface area contributed by atoms with E-state index >= 15 is 0 Å². The number of benzene rings is 1. The van der Waals surface area contributed by atoms with Gasteiger partial charge >= 0.3 is 11.6 Å². The molecule has 3 rings (SSSR count). The van der Waals surface area contributed by atoms with Gasteiger partial charge in [-0.25, -0.2) is 9.59 Å². The van der Waals surface area contributed by atoms with Crippen LogP contribution in [0.25, 0.3) is 11.0 Å². The highest BCUT2D eigenvalue weighted by Gasteiger charge is 2.27. The van der Waals surface area contributed by atoms with Gasteiger partial charge in [-0.15, -0.1) is 0 Å². The van der Waals surface area contributed by atoms with E-state index in [9.17, 15) is 19.5 Å². The molecule has 1 aliphatic carbocycles. The number of ether oxygens (including phenoxy) is 1. The van der Waals surface area contributed by atoms with Gasteiger partial charge in [0, 0.05) is 16.5 Å². The molecular weight excluding hydrogens is 362 g/mol. The van der Waals surface area contributed by atoms with Crippen molar-refractivity contribution in [3.63, 3.8) is 0 Å². The highest BCUT2D eigenvalue weighted by molar-refractivity contribution is 5.88. The number of rotatable bonds is 6. The molecule has 0 bridgehead atoms. The molecule has 28 heavy (non-hydrogen) atoms. The molecule has 1 amide bonds. The number of aryl methyl sites for hydroxylation is 2. The van der Waals surface area contributed by atoms with E-state index in [1.54, 1.807) is 33.8 Å². The largest absolute Gasteiger partial charge is 0.480 e. The maximum Gasteiger partial charge on any atom is 0.339 e. The predicted octanol–water partition coefficient (Wildman–Crippen LogP) is 2.58. The zero-order valence-electron chi connectivity index (χ0n) is 16.5. The van der Waals surface area contributed by atoms with Gasteiger partial charge in [-0.05, 0) is 56.7 Å². The molecular formula is C21H25NO6. The molecule has 0 saturated heterocycles. The molecule has 0 aliphatic heterocycles. The molecule has 2 atom stereocenters. The molecule has 7 heteroatoms. The highest BCUT2D eigenvalue weighted by Crippen LogP contribution is 2.33.